The van der Waals surface area contributed by atoms with Crippen LogP contribution in [0.3, 0.4) is 0 Å². The van der Waals surface area contributed by atoms with Crippen molar-refractivity contribution >= 4 is 34.8 Å². The summed E-state index contributed by atoms with van der Waals surface area (Å²) < 4.78 is 10.7. The molecule has 3 N–H and O–H groups in total. The largest absolute Gasteiger partial charge is 0.497 e. The fraction of sp³-hybridized carbons (Fsp3) is 0.400. The van der Waals surface area contributed by atoms with Gasteiger partial charge in [-0.25, -0.2) is 0 Å². The van der Waals surface area contributed by atoms with Crippen molar-refractivity contribution < 1.29 is 19.1 Å². The lowest BCUT2D eigenvalue weighted by Crippen LogP contribution is -2.44. The molecule has 2 fully saturated rings. The van der Waals surface area contributed by atoms with Gasteiger partial charge in [-0.3, -0.25) is 9.59 Å². The van der Waals surface area contributed by atoms with Crippen molar-refractivity contribution in [3.05, 3.63) is 53.6 Å². The van der Waals surface area contributed by atoms with Gasteiger partial charge < -0.3 is 30.3 Å². The van der Waals surface area contributed by atoms with E-state index in [4.69, 9.17) is 27.4 Å². The standard InChI is InChI=1S/C25H30N4O4S/c1-32-19-6-7-21(33-2)20(15-19)23(31)28-11-8-25(9-12-28)10-13-29(16-25)22(30)17-4-3-5-18(14-17)27-24(26)34/h3-7,14-15H,8-13,16H2,1-2H3,(H3,26,27,34). The third-order valence-electron chi connectivity index (χ3n) is 6.85. The molecule has 0 bridgehead atoms. The first-order valence-electron chi connectivity index (χ1n) is 11.3. The lowest BCUT2D eigenvalue weighted by molar-refractivity contribution is 0.0562. The van der Waals surface area contributed by atoms with Crippen LogP contribution in [-0.4, -0.2) is 67.1 Å². The molecule has 2 aliphatic heterocycles. The summed E-state index contributed by atoms with van der Waals surface area (Å²) in [4.78, 5) is 30.2. The maximum absolute atomic E-state index is 13.2. The Kier molecular flexibility index (Phi) is 6.92. The highest BCUT2D eigenvalue weighted by molar-refractivity contribution is 7.80. The summed E-state index contributed by atoms with van der Waals surface area (Å²) in [5, 5.41) is 3.04. The number of hydrogen-bond donors (Lipinski definition) is 2. The average molecular weight is 483 g/mol. The maximum atomic E-state index is 13.2. The van der Waals surface area contributed by atoms with Crippen LogP contribution in [-0.2, 0) is 0 Å². The first-order valence-corrected chi connectivity index (χ1v) is 11.7. The first-order chi connectivity index (χ1) is 16.3. The summed E-state index contributed by atoms with van der Waals surface area (Å²) >= 11 is 4.89. The van der Waals surface area contributed by atoms with Gasteiger partial charge in [-0.15, -0.1) is 0 Å². The quantitative estimate of drug-likeness (QED) is 0.632. The van der Waals surface area contributed by atoms with Gasteiger partial charge >= 0.3 is 0 Å². The van der Waals surface area contributed by atoms with Gasteiger partial charge in [-0.2, -0.15) is 0 Å². The predicted molar refractivity (Wildman–Crippen MR) is 134 cm³/mol. The summed E-state index contributed by atoms with van der Waals surface area (Å²) in [6, 6.07) is 12.5. The minimum atomic E-state index is -0.0568. The molecular formula is C25H30N4O4S. The van der Waals surface area contributed by atoms with E-state index >= 15 is 0 Å². The third-order valence-corrected chi connectivity index (χ3v) is 6.95. The first kappa shape index (κ1) is 23.8. The van der Waals surface area contributed by atoms with E-state index in [9.17, 15) is 9.59 Å². The van der Waals surface area contributed by atoms with Gasteiger partial charge in [0, 0.05) is 37.4 Å². The van der Waals surface area contributed by atoms with Crippen LogP contribution in [0, 0.1) is 5.41 Å². The van der Waals surface area contributed by atoms with Gasteiger partial charge in [0.05, 0.1) is 19.8 Å². The molecule has 4 rings (SSSR count). The van der Waals surface area contributed by atoms with Crippen LogP contribution in [0.5, 0.6) is 11.5 Å². The number of likely N-dealkylation sites (tertiary alicyclic amines) is 2. The molecule has 2 amide bonds. The highest BCUT2D eigenvalue weighted by Gasteiger charge is 2.43. The lowest BCUT2D eigenvalue weighted by Gasteiger charge is -2.39. The van der Waals surface area contributed by atoms with Crippen molar-refractivity contribution in [2.75, 3.05) is 45.7 Å². The number of carbonyl (C=O) groups excluding carboxylic acids is 2. The number of ether oxygens (including phenoxy) is 2. The minimum absolute atomic E-state index is 0.00286. The van der Waals surface area contributed by atoms with Crippen LogP contribution in [0.25, 0.3) is 0 Å². The van der Waals surface area contributed by atoms with E-state index in [-0.39, 0.29) is 22.3 Å². The van der Waals surface area contributed by atoms with Gasteiger partial charge in [0.15, 0.2) is 5.11 Å². The highest BCUT2D eigenvalue weighted by atomic mass is 32.1. The third kappa shape index (κ3) is 4.94. The smallest absolute Gasteiger partial charge is 0.257 e. The fourth-order valence-corrected chi connectivity index (χ4v) is 5.02. The number of thiocarbonyl (C=S) groups is 1. The van der Waals surface area contributed by atoms with Gasteiger partial charge in [-0.1, -0.05) is 6.07 Å². The Balaban J connectivity index is 1.39. The Morgan fingerprint density at radius 2 is 1.68 bits per heavy atom. The van der Waals surface area contributed by atoms with Crippen LogP contribution >= 0.6 is 12.2 Å². The number of hydrogen-bond acceptors (Lipinski definition) is 5. The van der Waals surface area contributed by atoms with Gasteiger partial charge in [0.1, 0.15) is 11.5 Å². The second-order valence-corrected chi connectivity index (χ2v) is 9.35. The highest BCUT2D eigenvalue weighted by Crippen LogP contribution is 2.41. The zero-order valence-corrected chi connectivity index (χ0v) is 20.3. The van der Waals surface area contributed by atoms with E-state index < -0.39 is 0 Å². The number of amides is 2. The molecule has 0 unspecified atom stereocenters. The topological polar surface area (TPSA) is 97.1 Å². The second kappa shape index (κ2) is 9.89. The van der Waals surface area contributed by atoms with Crippen LogP contribution in [0.2, 0.25) is 0 Å². The van der Waals surface area contributed by atoms with Crippen LogP contribution < -0.4 is 20.5 Å². The zero-order chi connectivity index (χ0) is 24.3. The Morgan fingerprint density at radius 1 is 0.971 bits per heavy atom. The molecule has 9 heteroatoms. The molecule has 2 aliphatic rings. The van der Waals surface area contributed by atoms with Gasteiger partial charge in [0.25, 0.3) is 11.8 Å². The van der Waals surface area contributed by atoms with Crippen molar-refractivity contribution in [3.8, 4) is 11.5 Å². The minimum Gasteiger partial charge on any atom is -0.497 e. The summed E-state index contributed by atoms with van der Waals surface area (Å²) in [6.45, 7) is 2.70. The van der Waals surface area contributed by atoms with Gasteiger partial charge in [-0.05, 0) is 73.3 Å². The number of carbonyl (C=O) groups is 2. The molecule has 2 aromatic rings. The fourth-order valence-electron chi connectivity index (χ4n) is 4.91. The molecule has 0 aliphatic carbocycles. The molecule has 2 heterocycles. The summed E-state index contributed by atoms with van der Waals surface area (Å²) in [5.74, 6) is 1.10. The summed E-state index contributed by atoms with van der Waals surface area (Å²) in [7, 11) is 3.14. The lowest BCUT2D eigenvalue weighted by atomic mass is 9.77. The Hall–Kier alpha value is -3.33. The van der Waals surface area contributed by atoms with E-state index in [2.05, 4.69) is 5.32 Å². The summed E-state index contributed by atoms with van der Waals surface area (Å²) in [6.07, 6.45) is 2.66. The molecule has 0 saturated carbocycles. The molecule has 2 aromatic carbocycles. The number of rotatable bonds is 5. The number of nitrogens with one attached hydrogen (secondary N) is 1. The average Bonchev–Trinajstić information content (AvgIpc) is 3.26. The molecule has 8 nitrogen and oxygen atoms in total. The summed E-state index contributed by atoms with van der Waals surface area (Å²) in [5.41, 5.74) is 7.41. The molecular weight excluding hydrogens is 452 g/mol. The van der Waals surface area contributed by atoms with E-state index in [1.54, 1.807) is 44.6 Å². The van der Waals surface area contributed by atoms with Crippen molar-refractivity contribution in [3.63, 3.8) is 0 Å². The molecule has 0 atom stereocenters. The Labute approximate surface area is 205 Å². The van der Waals surface area contributed by atoms with Crippen molar-refractivity contribution in [1.82, 2.24) is 9.80 Å². The normalized spacial score (nSPS) is 16.9. The molecule has 180 valence electrons. The van der Waals surface area contributed by atoms with Gasteiger partial charge in [0.2, 0.25) is 0 Å². The van der Waals surface area contributed by atoms with Crippen LogP contribution in [0.15, 0.2) is 42.5 Å². The molecule has 0 radical (unpaired) electrons. The Morgan fingerprint density at radius 3 is 2.32 bits per heavy atom. The van der Waals surface area contributed by atoms with Crippen molar-refractivity contribution in [1.29, 1.82) is 0 Å². The van der Waals surface area contributed by atoms with Crippen molar-refractivity contribution in [2.45, 2.75) is 19.3 Å². The number of anilines is 1. The Bertz CT molecular complexity index is 1100. The predicted octanol–water partition coefficient (Wildman–Crippen LogP) is 3.13. The number of nitrogens with zero attached hydrogens (tertiary/aromatic N) is 2. The van der Waals surface area contributed by atoms with Crippen molar-refractivity contribution in [2.24, 2.45) is 11.1 Å². The maximum Gasteiger partial charge on any atom is 0.257 e. The zero-order valence-electron chi connectivity index (χ0n) is 19.5. The SMILES string of the molecule is COc1ccc(OC)c(C(=O)N2CCC3(CCN(C(=O)c4cccc(NC(N)=S)c4)C3)CC2)c1. The monoisotopic (exact) mass is 482 g/mol. The van der Waals surface area contributed by atoms with E-state index in [1.165, 1.54) is 0 Å². The number of methoxy groups -OCH3 is 2. The second-order valence-electron chi connectivity index (χ2n) is 8.91. The van der Waals surface area contributed by atoms with E-state index in [0.717, 1.165) is 19.3 Å². The van der Waals surface area contributed by atoms with E-state index in [1.807, 2.05) is 21.9 Å². The molecule has 0 aromatic heterocycles. The number of piperidine rings is 1. The molecule has 34 heavy (non-hydrogen) atoms. The van der Waals surface area contributed by atoms with Crippen LogP contribution in [0.4, 0.5) is 5.69 Å². The van der Waals surface area contributed by atoms with Crippen LogP contribution in [0.1, 0.15) is 40.0 Å². The number of nitrogens with two attached hydrogens (primary N) is 1. The molecule has 1 spiro atoms. The number of benzene rings is 2. The van der Waals surface area contributed by atoms with E-state index in [0.29, 0.717) is 54.5 Å². The molecule has 2 saturated heterocycles.